The van der Waals surface area contributed by atoms with Gasteiger partial charge in [0.1, 0.15) is 6.04 Å². The minimum absolute atomic E-state index is 0.816. The molecular formula is C10H10F9NO3. The maximum Gasteiger partial charge on any atom is 0.435 e. The number of hydrogen-bond acceptors (Lipinski definition) is 4. The van der Waals surface area contributed by atoms with Gasteiger partial charge < -0.3 is 14.8 Å². The lowest BCUT2D eigenvalue weighted by Gasteiger charge is -2.39. The van der Waals surface area contributed by atoms with E-state index in [0.717, 1.165) is 7.11 Å². The largest absolute Gasteiger partial charge is 0.468 e. The van der Waals surface area contributed by atoms with Crippen molar-refractivity contribution in [1.29, 1.82) is 0 Å². The molecule has 1 fully saturated rings. The van der Waals surface area contributed by atoms with Gasteiger partial charge in [0.25, 0.3) is 0 Å². The summed E-state index contributed by atoms with van der Waals surface area (Å²) in [7, 11) is 0.892. The van der Waals surface area contributed by atoms with Gasteiger partial charge in [-0.05, 0) is 0 Å². The first-order valence-corrected chi connectivity index (χ1v) is 5.86. The molecule has 0 aromatic carbocycles. The van der Waals surface area contributed by atoms with Crippen LogP contribution in [-0.4, -0.2) is 55.9 Å². The maximum atomic E-state index is 12.7. The summed E-state index contributed by atoms with van der Waals surface area (Å²) < 4.78 is 122. The highest BCUT2D eigenvalue weighted by molar-refractivity contribution is 5.76. The molecule has 0 aliphatic carbocycles. The second-order valence-electron chi connectivity index (χ2n) is 4.63. The maximum absolute atomic E-state index is 12.7. The normalized spacial score (nSPS) is 23.9. The molecule has 1 saturated heterocycles. The van der Waals surface area contributed by atoms with E-state index in [1.54, 1.807) is 0 Å². The average Bonchev–Trinajstić information content (AvgIpc) is 2.78. The molecule has 0 spiro atoms. The van der Waals surface area contributed by atoms with E-state index >= 15 is 0 Å². The Labute approximate surface area is 122 Å². The van der Waals surface area contributed by atoms with Crippen molar-refractivity contribution in [2.75, 3.05) is 13.7 Å². The van der Waals surface area contributed by atoms with Gasteiger partial charge in [0.05, 0.1) is 13.2 Å². The Kier molecular flexibility index (Phi) is 5.17. The highest BCUT2D eigenvalue weighted by Crippen LogP contribution is 2.55. The number of methoxy groups -OCH3 is 1. The fourth-order valence-corrected chi connectivity index (χ4v) is 2.05. The van der Waals surface area contributed by atoms with E-state index in [1.165, 1.54) is 0 Å². The van der Waals surface area contributed by atoms with Crippen molar-refractivity contribution >= 4 is 5.97 Å². The number of hydrogen-bond donors (Lipinski definition) is 1. The fourth-order valence-electron chi connectivity index (χ4n) is 2.05. The molecule has 0 aromatic rings. The van der Waals surface area contributed by atoms with Crippen LogP contribution < -0.4 is 5.32 Å². The smallest absolute Gasteiger partial charge is 0.435 e. The molecule has 0 radical (unpaired) electrons. The summed E-state index contributed by atoms with van der Waals surface area (Å²) in [5.74, 6) is -1.05. The topological polar surface area (TPSA) is 47.6 Å². The summed E-state index contributed by atoms with van der Waals surface area (Å²) >= 11 is 0. The Morgan fingerprint density at radius 1 is 0.957 bits per heavy atom. The van der Waals surface area contributed by atoms with Crippen molar-refractivity contribution in [2.24, 2.45) is 0 Å². The third-order valence-corrected chi connectivity index (χ3v) is 3.12. The first kappa shape index (κ1) is 19.8. The third-order valence-electron chi connectivity index (χ3n) is 3.12. The number of alkyl halides is 9. The Bertz CT molecular complexity index is 406. The van der Waals surface area contributed by atoms with E-state index in [0.29, 0.717) is 0 Å². The molecular weight excluding hydrogens is 353 g/mol. The van der Waals surface area contributed by atoms with Crippen LogP contribution in [0.4, 0.5) is 39.5 Å². The third kappa shape index (κ3) is 3.49. The van der Waals surface area contributed by atoms with Gasteiger partial charge in [0.2, 0.25) is 0 Å². The molecule has 1 aliphatic rings. The minimum atomic E-state index is -6.80. The lowest BCUT2D eigenvalue weighted by atomic mass is 10.0. The molecule has 4 nitrogen and oxygen atoms in total. The van der Waals surface area contributed by atoms with Crippen molar-refractivity contribution in [2.45, 2.75) is 42.7 Å². The molecule has 13 heteroatoms. The zero-order valence-electron chi connectivity index (χ0n) is 11.2. The molecule has 0 aromatic heterocycles. The van der Waals surface area contributed by atoms with E-state index in [4.69, 9.17) is 0 Å². The number of carbonyl (C=O) groups is 1. The van der Waals surface area contributed by atoms with Crippen LogP contribution in [0.15, 0.2) is 0 Å². The molecule has 1 aliphatic heterocycles. The van der Waals surface area contributed by atoms with Gasteiger partial charge in [0.15, 0.2) is 0 Å². The molecule has 0 bridgehead atoms. The molecule has 0 saturated carbocycles. The van der Waals surface area contributed by atoms with Crippen molar-refractivity contribution in [3.63, 3.8) is 0 Å². The number of halogens is 9. The standard InChI is InChI=1S/C10H10F9NO3/c1-22-6(21)5-2-4(3-20-5)23-7(8(11,12)13,9(14,15)16)10(17,18)19/h4-5,20H,2-3H2,1H3/t4-,5-/m0/s1. The van der Waals surface area contributed by atoms with Gasteiger partial charge in [-0.25, -0.2) is 0 Å². The fraction of sp³-hybridized carbons (Fsp3) is 0.900. The Balaban J connectivity index is 3.16. The first-order chi connectivity index (χ1) is 10.2. The SMILES string of the molecule is COC(=O)[C@@H]1C[C@H](OC(C(F)(F)F)(C(F)(F)F)C(F)(F)F)CN1. The van der Waals surface area contributed by atoms with E-state index in [9.17, 15) is 44.3 Å². The summed E-state index contributed by atoms with van der Waals surface area (Å²) in [5, 5.41) is 2.13. The molecule has 0 unspecified atom stereocenters. The van der Waals surface area contributed by atoms with Crippen molar-refractivity contribution in [1.82, 2.24) is 5.32 Å². The van der Waals surface area contributed by atoms with E-state index < -0.39 is 55.2 Å². The Morgan fingerprint density at radius 3 is 1.74 bits per heavy atom. The molecule has 2 atom stereocenters. The van der Waals surface area contributed by atoms with Crippen LogP contribution in [-0.2, 0) is 14.3 Å². The number of nitrogens with one attached hydrogen (secondary N) is 1. The van der Waals surface area contributed by atoms with Crippen LogP contribution in [0.1, 0.15) is 6.42 Å². The number of carbonyl (C=O) groups excluding carboxylic acids is 1. The van der Waals surface area contributed by atoms with E-state index in [1.807, 2.05) is 0 Å². The number of esters is 1. The monoisotopic (exact) mass is 363 g/mol. The quantitative estimate of drug-likeness (QED) is 0.618. The molecule has 23 heavy (non-hydrogen) atoms. The van der Waals surface area contributed by atoms with E-state index in [2.05, 4.69) is 14.8 Å². The molecule has 0 amide bonds. The first-order valence-electron chi connectivity index (χ1n) is 5.86. The van der Waals surface area contributed by atoms with Crippen LogP contribution in [0.2, 0.25) is 0 Å². The van der Waals surface area contributed by atoms with Crippen molar-refractivity contribution in [3.8, 4) is 0 Å². The Hall–Kier alpha value is -1.24. The van der Waals surface area contributed by atoms with Gasteiger partial charge >= 0.3 is 30.1 Å². The summed E-state index contributed by atoms with van der Waals surface area (Å²) in [5.41, 5.74) is -6.34. The van der Waals surface area contributed by atoms with Gasteiger partial charge in [-0.15, -0.1) is 0 Å². The summed E-state index contributed by atoms with van der Waals surface area (Å²) in [6, 6.07) is -1.36. The predicted octanol–water partition coefficient (Wildman–Crippen LogP) is 2.33. The Morgan fingerprint density at radius 2 is 1.39 bits per heavy atom. The zero-order chi connectivity index (χ0) is 18.3. The van der Waals surface area contributed by atoms with Crippen LogP contribution in [0.25, 0.3) is 0 Å². The summed E-state index contributed by atoms with van der Waals surface area (Å²) in [6.07, 6.45) is -23.4. The highest BCUT2D eigenvalue weighted by Gasteiger charge is 2.86. The molecule has 136 valence electrons. The van der Waals surface area contributed by atoms with Gasteiger partial charge in [-0.2, -0.15) is 39.5 Å². The highest BCUT2D eigenvalue weighted by atomic mass is 19.4. The predicted molar refractivity (Wildman–Crippen MR) is 54.2 cm³/mol. The van der Waals surface area contributed by atoms with Crippen LogP contribution in [0.5, 0.6) is 0 Å². The van der Waals surface area contributed by atoms with Crippen molar-refractivity contribution in [3.05, 3.63) is 0 Å². The minimum Gasteiger partial charge on any atom is -0.468 e. The van der Waals surface area contributed by atoms with Crippen molar-refractivity contribution < 1.29 is 53.8 Å². The summed E-state index contributed by atoms with van der Waals surface area (Å²) in [4.78, 5) is 11.1. The number of rotatable bonds is 3. The lowest BCUT2D eigenvalue weighted by Crippen LogP contribution is -2.68. The van der Waals surface area contributed by atoms with Crippen LogP contribution in [0, 0.1) is 0 Å². The average molecular weight is 363 g/mol. The van der Waals surface area contributed by atoms with Gasteiger partial charge in [-0.1, -0.05) is 0 Å². The van der Waals surface area contributed by atoms with Gasteiger partial charge in [-0.3, -0.25) is 4.79 Å². The molecule has 1 N–H and O–H groups in total. The molecule has 1 heterocycles. The van der Waals surface area contributed by atoms with Gasteiger partial charge in [0, 0.05) is 13.0 Å². The summed E-state index contributed by atoms with van der Waals surface area (Å²) in [6.45, 7) is -0.816. The second-order valence-corrected chi connectivity index (χ2v) is 4.63. The van der Waals surface area contributed by atoms with Crippen LogP contribution >= 0.6 is 0 Å². The zero-order valence-corrected chi connectivity index (χ0v) is 11.2. The number of ether oxygens (including phenoxy) is 2. The van der Waals surface area contributed by atoms with Crippen LogP contribution in [0.3, 0.4) is 0 Å². The molecule has 1 rings (SSSR count). The lowest BCUT2D eigenvalue weighted by molar-refractivity contribution is -0.463. The second kappa shape index (κ2) is 6.00. The van der Waals surface area contributed by atoms with E-state index in [-0.39, 0.29) is 0 Å².